The first kappa shape index (κ1) is 15.1. The summed E-state index contributed by atoms with van der Waals surface area (Å²) in [4.78, 5) is -0.526. The van der Waals surface area contributed by atoms with E-state index in [2.05, 4.69) is 0 Å². The van der Waals surface area contributed by atoms with Gasteiger partial charge in [-0.25, -0.2) is 16.8 Å². The number of benzene rings is 1. The highest BCUT2D eigenvalue weighted by Crippen LogP contribution is 2.37. The highest BCUT2D eigenvalue weighted by Gasteiger charge is 2.25. The van der Waals surface area contributed by atoms with Crippen LogP contribution >= 0.6 is 10.7 Å². The molecule has 0 bridgehead atoms. The second kappa shape index (κ2) is 4.94. The monoisotopic (exact) mass is 314 g/mol. The maximum Gasteiger partial charge on any atom is 0.268 e. The summed E-state index contributed by atoms with van der Waals surface area (Å²) in [5.41, 5.74) is 0. The summed E-state index contributed by atoms with van der Waals surface area (Å²) in [6.45, 7) is 0. The molecule has 0 N–H and O–H groups in total. The van der Waals surface area contributed by atoms with Gasteiger partial charge >= 0.3 is 0 Å². The topological polar surface area (TPSA) is 86.7 Å². The number of sulfone groups is 1. The van der Waals surface area contributed by atoms with Gasteiger partial charge in [0, 0.05) is 29.1 Å². The first-order chi connectivity index (χ1) is 8.11. The fraction of sp³-hybridized carbons (Fsp3) is 0.333. The molecule has 0 atom stereocenters. The van der Waals surface area contributed by atoms with Crippen molar-refractivity contribution in [2.75, 3.05) is 20.5 Å². The van der Waals surface area contributed by atoms with Gasteiger partial charge in [0.15, 0.2) is 14.7 Å². The third-order valence-electron chi connectivity index (χ3n) is 2.11. The summed E-state index contributed by atoms with van der Waals surface area (Å²) in [5, 5.41) is 0. The molecule has 0 aromatic heterocycles. The molecule has 0 spiro atoms. The first-order valence-electron chi connectivity index (χ1n) is 4.52. The fourth-order valence-corrected chi connectivity index (χ4v) is 3.17. The second-order valence-electron chi connectivity index (χ2n) is 3.37. The minimum absolute atomic E-state index is 0.125. The molecule has 6 nitrogen and oxygen atoms in total. The molecule has 1 rings (SSSR count). The molecular weight excluding hydrogens is 304 g/mol. The Hall–Kier alpha value is -0.990. The molecule has 0 radical (unpaired) electrons. The lowest BCUT2D eigenvalue weighted by molar-refractivity contribution is 0.371. The molecule has 0 aliphatic carbocycles. The summed E-state index contributed by atoms with van der Waals surface area (Å²) in [6, 6.07) is 2.15. The van der Waals surface area contributed by atoms with Gasteiger partial charge in [0.1, 0.15) is 11.5 Å². The van der Waals surface area contributed by atoms with E-state index < -0.39 is 23.8 Å². The van der Waals surface area contributed by atoms with Crippen LogP contribution in [-0.2, 0) is 18.9 Å². The molecule has 1 aromatic carbocycles. The summed E-state index contributed by atoms with van der Waals surface area (Å²) in [6.07, 6.45) is 0.982. The zero-order valence-corrected chi connectivity index (χ0v) is 12.2. The third-order valence-corrected chi connectivity index (χ3v) is 4.55. The van der Waals surface area contributed by atoms with Gasteiger partial charge in [0.2, 0.25) is 0 Å². The highest BCUT2D eigenvalue weighted by atomic mass is 35.7. The van der Waals surface area contributed by atoms with E-state index in [0.29, 0.717) is 0 Å². The van der Waals surface area contributed by atoms with Crippen LogP contribution < -0.4 is 9.47 Å². The zero-order chi connectivity index (χ0) is 14.1. The van der Waals surface area contributed by atoms with Crippen molar-refractivity contribution in [3.63, 3.8) is 0 Å². The Morgan fingerprint density at radius 3 is 1.61 bits per heavy atom. The predicted molar refractivity (Wildman–Crippen MR) is 65.7 cm³/mol. The van der Waals surface area contributed by atoms with E-state index in [-0.39, 0.29) is 16.4 Å². The van der Waals surface area contributed by atoms with Crippen LogP contribution in [0.4, 0.5) is 0 Å². The van der Waals surface area contributed by atoms with Gasteiger partial charge in [-0.05, 0) is 0 Å². The van der Waals surface area contributed by atoms with Crippen LogP contribution in [0.3, 0.4) is 0 Å². The van der Waals surface area contributed by atoms with Crippen molar-refractivity contribution in [1.82, 2.24) is 0 Å². The molecule has 0 amide bonds. The van der Waals surface area contributed by atoms with Gasteiger partial charge in [-0.1, -0.05) is 0 Å². The largest absolute Gasteiger partial charge is 0.495 e. The van der Waals surface area contributed by atoms with Crippen LogP contribution in [0.2, 0.25) is 0 Å². The Morgan fingerprint density at radius 2 is 1.39 bits per heavy atom. The Labute approximate surface area is 110 Å². The molecular formula is C9H11ClO6S2. The molecule has 18 heavy (non-hydrogen) atoms. The smallest absolute Gasteiger partial charge is 0.268 e. The number of hydrogen-bond donors (Lipinski definition) is 0. The lowest BCUT2D eigenvalue weighted by atomic mass is 10.3. The Morgan fingerprint density at radius 1 is 1.00 bits per heavy atom. The number of ether oxygens (including phenoxy) is 2. The number of halogens is 1. The Balaban J connectivity index is 3.76. The Bertz CT molecular complexity index is 637. The van der Waals surface area contributed by atoms with Gasteiger partial charge in [-0.3, -0.25) is 0 Å². The number of methoxy groups -OCH3 is 2. The summed E-state index contributed by atoms with van der Waals surface area (Å²) < 4.78 is 55.4. The summed E-state index contributed by atoms with van der Waals surface area (Å²) in [5.74, 6) is -0.380. The number of hydrogen-bond acceptors (Lipinski definition) is 6. The second-order valence-corrected chi connectivity index (χ2v) is 7.89. The van der Waals surface area contributed by atoms with Crippen molar-refractivity contribution >= 4 is 29.6 Å². The van der Waals surface area contributed by atoms with Crippen molar-refractivity contribution < 1.29 is 26.3 Å². The molecule has 102 valence electrons. The van der Waals surface area contributed by atoms with E-state index in [1.54, 1.807) is 0 Å². The molecule has 0 saturated carbocycles. The standard InChI is InChI=1S/C9H11ClO6S2/c1-15-7-4-6(17(3,11)12)5-8(16-2)9(7)18(10,13)14/h4-5H,1-3H3. The van der Waals surface area contributed by atoms with Gasteiger partial charge in [0.25, 0.3) is 9.05 Å². The average Bonchev–Trinajstić information content (AvgIpc) is 2.24. The van der Waals surface area contributed by atoms with E-state index in [9.17, 15) is 16.8 Å². The molecule has 9 heteroatoms. The molecule has 0 fully saturated rings. The van der Waals surface area contributed by atoms with Crippen molar-refractivity contribution in [3.05, 3.63) is 12.1 Å². The predicted octanol–water partition coefficient (Wildman–Crippen LogP) is 1.03. The van der Waals surface area contributed by atoms with Gasteiger partial charge < -0.3 is 9.47 Å². The van der Waals surface area contributed by atoms with Gasteiger partial charge in [0.05, 0.1) is 19.1 Å². The molecule has 0 aliphatic heterocycles. The summed E-state index contributed by atoms with van der Waals surface area (Å²) >= 11 is 0. The minimum Gasteiger partial charge on any atom is -0.495 e. The SMILES string of the molecule is COc1cc(S(C)(=O)=O)cc(OC)c1S(=O)(=O)Cl. The van der Waals surface area contributed by atoms with Crippen LogP contribution in [0, 0.1) is 0 Å². The van der Waals surface area contributed by atoms with Crippen molar-refractivity contribution in [1.29, 1.82) is 0 Å². The normalized spacial score (nSPS) is 12.2. The van der Waals surface area contributed by atoms with Gasteiger partial charge in [-0.2, -0.15) is 0 Å². The van der Waals surface area contributed by atoms with Crippen LogP contribution in [0.1, 0.15) is 0 Å². The lowest BCUT2D eigenvalue weighted by Gasteiger charge is -2.12. The number of rotatable bonds is 4. The third kappa shape index (κ3) is 3.06. The molecule has 0 saturated heterocycles. The van der Waals surface area contributed by atoms with Crippen molar-refractivity contribution in [3.8, 4) is 11.5 Å². The quantitative estimate of drug-likeness (QED) is 0.772. The molecule has 0 aliphatic rings. The summed E-state index contributed by atoms with van der Waals surface area (Å²) in [7, 11) is 0.00601. The van der Waals surface area contributed by atoms with E-state index in [0.717, 1.165) is 18.4 Å². The van der Waals surface area contributed by atoms with Crippen molar-refractivity contribution in [2.45, 2.75) is 9.79 Å². The molecule has 0 heterocycles. The minimum atomic E-state index is -4.12. The van der Waals surface area contributed by atoms with E-state index >= 15 is 0 Å². The molecule has 0 unspecified atom stereocenters. The van der Waals surface area contributed by atoms with Crippen LogP contribution in [0.15, 0.2) is 21.9 Å². The maximum atomic E-state index is 11.4. The average molecular weight is 315 g/mol. The zero-order valence-electron chi connectivity index (χ0n) is 9.80. The lowest BCUT2D eigenvalue weighted by Crippen LogP contribution is -2.04. The van der Waals surface area contributed by atoms with Gasteiger partial charge in [-0.15, -0.1) is 0 Å². The molecule has 1 aromatic rings. The van der Waals surface area contributed by atoms with E-state index in [1.807, 2.05) is 0 Å². The van der Waals surface area contributed by atoms with Crippen molar-refractivity contribution in [2.24, 2.45) is 0 Å². The first-order valence-corrected chi connectivity index (χ1v) is 8.72. The van der Waals surface area contributed by atoms with E-state index in [1.165, 1.54) is 14.2 Å². The van der Waals surface area contributed by atoms with Crippen LogP contribution in [0.25, 0.3) is 0 Å². The van der Waals surface area contributed by atoms with Crippen LogP contribution in [0.5, 0.6) is 11.5 Å². The highest BCUT2D eigenvalue weighted by molar-refractivity contribution is 8.14. The van der Waals surface area contributed by atoms with E-state index in [4.69, 9.17) is 20.2 Å². The Kier molecular flexibility index (Phi) is 4.14. The fourth-order valence-electron chi connectivity index (χ4n) is 1.31. The maximum absolute atomic E-state index is 11.4. The van der Waals surface area contributed by atoms with Crippen LogP contribution in [-0.4, -0.2) is 37.3 Å².